The van der Waals surface area contributed by atoms with Crippen LogP contribution in [-0.4, -0.2) is 15.9 Å². The number of primary amides is 1. The van der Waals surface area contributed by atoms with Crippen LogP contribution in [0.1, 0.15) is 17.7 Å². The molecule has 3 aromatic rings. The SMILES string of the molecule is Cc1cc(-c2ccc(-c3ccccn3)cc2CCC(N)=O)ccn1. The van der Waals surface area contributed by atoms with Gasteiger partial charge in [-0.1, -0.05) is 18.2 Å². The summed E-state index contributed by atoms with van der Waals surface area (Å²) < 4.78 is 0. The third-order valence-corrected chi connectivity index (χ3v) is 3.91. The van der Waals surface area contributed by atoms with Gasteiger partial charge in [-0.25, -0.2) is 0 Å². The maximum absolute atomic E-state index is 11.2. The summed E-state index contributed by atoms with van der Waals surface area (Å²) >= 11 is 0. The molecule has 120 valence electrons. The number of hydrogen-bond donors (Lipinski definition) is 1. The molecule has 2 aromatic heterocycles. The fourth-order valence-electron chi connectivity index (χ4n) is 2.75. The molecule has 0 fully saturated rings. The normalized spacial score (nSPS) is 10.5. The van der Waals surface area contributed by atoms with E-state index in [4.69, 9.17) is 5.73 Å². The number of aryl methyl sites for hydroxylation is 2. The number of carbonyl (C=O) groups excluding carboxylic acids is 1. The van der Waals surface area contributed by atoms with Crippen LogP contribution in [0.2, 0.25) is 0 Å². The zero-order valence-corrected chi connectivity index (χ0v) is 13.6. The number of benzene rings is 1. The molecular formula is C20H19N3O. The van der Waals surface area contributed by atoms with Gasteiger partial charge in [0.15, 0.2) is 0 Å². The molecule has 1 aromatic carbocycles. The number of hydrogen-bond acceptors (Lipinski definition) is 3. The van der Waals surface area contributed by atoms with Crippen LogP contribution < -0.4 is 5.73 Å². The van der Waals surface area contributed by atoms with Gasteiger partial charge in [0.25, 0.3) is 0 Å². The number of aromatic nitrogens is 2. The van der Waals surface area contributed by atoms with Gasteiger partial charge in [-0.15, -0.1) is 0 Å². The molecule has 2 N–H and O–H groups in total. The molecule has 0 saturated carbocycles. The first-order valence-corrected chi connectivity index (χ1v) is 7.89. The molecule has 0 aliphatic heterocycles. The van der Waals surface area contributed by atoms with Gasteiger partial charge < -0.3 is 5.73 Å². The molecule has 0 unspecified atom stereocenters. The van der Waals surface area contributed by atoms with Gasteiger partial charge in [0.2, 0.25) is 5.91 Å². The summed E-state index contributed by atoms with van der Waals surface area (Å²) in [6.45, 7) is 1.97. The van der Waals surface area contributed by atoms with Crippen molar-refractivity contribution in [3.05, 3.63) is 72.2 Å². The molecule has 1 amide bonds. The predicted molar refractivity (Wildman–Crippen MR) is 95.2 cm³/mol. The minimum absolute atomic E-state index is 0.296. The van der Waals surface area contributed by atoms with Crippen LogP contribution in [0.25, 0.3) is 22.4 Å². The fourth-order valence-corrected chi connectivity index (χ4v) is 2.75. The molecule has 0 aliphatic rings. The van der Waals surface area contributed by atoms with Crippen LogP contribution >= 0.6 is 0 Å². The molecule has 0 aliphatic carbocycles. The van der Waals surface area contributed by atoms with Crippen molar-refractivity contribution in [3.63, 3.8) is 0 Å². The summed E-state index contributed by atoms with van der Waals surface area (Å²) in [4.78, 5) is 19.9. The smallest absolute Gasteiger partial charge is 0.217 e. The van der Waals surface area contributed by atoms with E-state index in [0.717, 1.165) is 33.6 Å². The highest BCUT2D eigenvalue weighted by Gasteiger charge is 2.10. The minimum atomic E-state index is -0.296. The number of pyridine rings is 2. The molecule has 0 atom stereocenters. The summed E-state index contributed by atoms with van der Waals surface area (Å²) in [5, 5.41) is 0. The van der Waals surface area contributed by atoms with Crippen LogP contribution in [-0.2, 0) is 11.2 Å². The molecule has 0 bridgehead atoms. The maximum Gasteiger partial charge on any atom is 0.217 e. The van der Waals surface area contributed by atoms with E-state index < -0.39 is 0 Å². The Kier molecular flexibility index (Phi) is 4.66. The van der Waals surface area contributed by atoms with Gasteiger partial charge in [-0.2, -0.15) is 0 Å². The third kappa shape index (κ3) is 3.66. The third-order valence-electron chi connectivity index (χ3n) is 3.91. The van der Waals surface area contributed by atoms with Crippen molar-refractivity contribution in [1.29, 1.82) is 0 Å². The molecule has 4 nitrogen and oxygen atoms in total. The molecule has 2 heterocycles. The zero-order chi connectivity index (χ0) is 16.9. The lowest BCUT2D eigenvalue weighted by molar-refractivity contribution is -0.117. The van der Waals surface area contributed by atoms with Crippen molar-refractivity contribution in [2.75, 3.05) is 0 Å². The molecule has 0 spiro atoms. The minimum Gasteiger partial charge on any atom is -0.370 e. The fraction of sp³-hybridized carbons (Fsp3) is 0.150. The van der Waals surface area contributed by atoms with Crippen LogP contribution in [0.3, 0.4) is 0 Å². The lowest BCUT2D eigenvalue weighted by atomic mass is 9.94. The van der Waals surface area contributed by atoms with Crippen LogP contribution in [0, 0.1) is 6.92 Å². The summed E-state index contributed by atoms with van der Waals surface area (Å²) in [6, 6.07) is 16.1. The zero-order valence-electron chi connectivity index (χ0n) is 13.6. The Hall–Kier alpha value is -3.01. The maximum atomic E-state index is 11.2. The molecule has 0 saturated heterocycles. The Morgan fingerprint density at radius 1 is 1.00 bits per heavy atom. The van der Waals surface area contributed by atoms with Gasteiger partial charge in [0.1, 0.15) is 0 Å². The number of amides is 1. The van der Waals surface area contributed by atoms with E-state index in [9.17, 15) is 4.79 Å². The van der Waals surface area contributed by atoms with E-state index in [-0.39, 0.29) is 5.91 Å². The first kappa shape index (κ1) is 15.9. The van der Waals surface area contributed by atoms with Crippen molar-refractivity contribution in [1.82, 2.24) is 9.97 Å². The Labute approximate surface area is 141 Å². The Morgan fingerprint density at radius 3 is 2.58 bits per heavy atom. The van der Waals surface area contributed by atoms with Gasteiger partial charge in [0.05, 0.1) is 5.69 Å². The lowest BCUT2D eigenvalue weighted by Crippen LogP contribution is -2.11. The van der Waals surface area contributed by atoms with E-state index in [2.05, 4.69) is 28.2 Å². The lowest BCUT2D eigenvalue weighted by Gasteiger charge is -2.12. The molecule has 0 radical (unpaired) electrons. The van der Waals surface area contributed by atoms with Crippen LogP contribution in [0.5, 0.6) is 0 Å². The second kappa shape index (κ2) is 7.04. The number of nitrogens with zero attached hydrogens (tertiary/aromatic N) is 2. The highest BCUT2D eigenvalue weighted by atomic mass is 16.1. The second-order valence-corrected chi connectivity index (χ2v) is 5.74. The predicted octanol–water partition coefficient (Wildman–Crippen LogP) is 3.54. The van der Waals surface area contributed by atoms with E-state index in [1.54, 1.807) is 12.4 Å². The quantitative estimate of drug-likeness (QED) is 0.782. The Bertz CT molecular complexity index is 860. The van der Waals surface area contributed by atoms with Crippen molar-refractivity contribution in [2.45, 2.75) is 19.8 Å². The summed E-state index contributed by atoms with van der Waals surface area (Å²) in [5.74, 6) is -0.296. The number of carbonyl (C=O) groups is 1. The first-order valence-electron chi connectivity index (χ1n) is 7.89. The van der Waals surface area contributed by atoms with Gasteiger partial charge in [-0.05, 0) is 60.4 Å². The van der Waals surface area contributed by atoms with E-state index in [1.807, 2.05) is 37.3 Å². The van der Waals surface area contributed by atoms with Gasteiger partial charge >= 0.3 is 0 Å². The molecule has 4 heteroatoms. The van der Waals surface area contributed by atoms with E-state index in [1.165, 1.54) is 0 Å². The Balaban J connectivity index is 2.06. The molecule has 3 rings (SSSR count). The van der Waals surface area contributed by atoms with E-state index >= 15 is 0 Å². The van der Waals surface area contributed by atoms with Gasteiger partial charge in [-0.3, -0.25) is 14.8 Å². The number of rotatable bonds is 5. The Morgan fingerprint density at radius 2 is 1.88 bits per heavy atom. The monoisotopic (exact) mass is 317 g/mol. The first-order chi connectivity index (χ1) is 11.6. The molecular weight excluding hydrogens is 298 g/mol. The topological polar surface area (TPSA) is 68.9 Å². The van der Waals surface area contributed by atoms with Crippen molar-refractivity contribution in [3.8, 4) is 22.4 Å². The van der Waals surface area contributed by atoms with E-state index in [0.29, 0.717) is 12.8 Å². The van der Waals surface area contributed by atoms with Crippen molar-refractivity contribution in [2.24, 2.45) is 5.73 Å². The van der Waals surface area contributed by atoms with Crippen LogP contribution in [0.4, 0.5) is 0 Å². The highest BCUT2D eigenvalue weighted by Crippen LogP contribution is 2.29. The van der Waals surface area contributed by atoms with Gasteiger partial charge in [0, 0.05) is 30.1 Å². The highest BCUT2D eigenvalue weighted by molar-refractivity contribution is 5.76. The second-order valence-electron chi connectivity index (χ2n) is 5.74. The summed E-state index contributed by atoms with van der Waals surface area (Å²) in [7, 11) is 0. The van der Waals surface area contributed by atoms with Crippen molar-refractivity contribution >= 4 is 5.91 Å². The molecule has 24 heavy (non-hydrogen) atoms. The summed E-state index contributed by atoms with van der Waals surface area (Å²) in [5.41, 5.74) is 11.5. The van der Waals surface area contributed by atoms with Crippen LogP contribution in [0.15, 0.2) is 60.9 Å². The standard InChI is InChI=1S/C20H19N3O/c1-14-12-16(9-11-22-14)18-7-5-17(19-4-2-3-10-23-19)13-15(18)6-8-20(21)24/h2-5,7,9-13H,6,8H2,1H3,(H2,21,24). The largest absolute Gasteiger partial charge is 0.370 e. The van der Waals surface area contributed by atoms with Crippen molar-refractivity contribution < 1.29 is 4.79 Å². The summed E-state index contributed by atoms with van der Waals surface area (Å²) in [6.07, 6.45) is 4.50. The average molecular weight is 317 g/mol. The average Bonchev–Trinajstić information content (AvgIpc) is 2.60. The number of nitrogens with two attached hydrogens (primary N) is 1.